The van der Waals surface area contributed by atoms with E-state index in [1.165, 1.54) is 20.3 Å². The van der Waals surface area contributed by atoms with Gasteiger partial charge < -0.3 is 9.80 Å². The number of nitrogens with zero attached hydrogens (tertiary/aromatic N) is 1. The predicted octanol–water partition coefficient (Wildman–Crippen LogP) is -0.00640. The van der Waals surface area contributed by atoms with Crippen LogP contribution in [0.5, 0.6) is 0 Å². The second-order valence-electron chi connectivity index (χ2n) is 8.09. The number of imide groups is 1. The molecule has 0 aromatic heterocycles. The minimum atomic E-state index is -0.199. The monoisotopic (exact) mass is 413 g/mol. The average Bonchev–Trinajstić information content (AvgIpc) is 3.03. The van der Waals surface area contributed by atoms with Gasteiger partial charge >= 0.3 is 0 Å². The third kappa shape index (κ3) is 4.86. The molecule has 2 aliphatic heterocycles. The summed E-state index contributed by atoms with van der Waals surface area (Å²) in [6.07, 6.45) is 1.08. The van der Waals surface area contributed by atoms with Crippen LogP contribution >= 0.6 is 11.6 Å². The Morgan fingerprint density at radius 1 is 0.897 bits per heavy atom. The molecule has 0 unspecified atom stereocenters. The number of benzene rings is 2. The molecule has 2 amide bonds. The predicted molar refractivity (Wildman–Crippen MR) is 112 cm³/mol. The lowest BCUT2D eigenvalue weighted by Gasteiger charge is -2.32. The first-order valence-corrected chi connectivity index (χ1v) is 10.8. The Morgan fingerprint density at radius 3 is 2.28 bits per heavy atom. The summed E-state index contributed by atoms with van der Waals surface area (Å²) in [5.74, 6) is 0.00135. The van der Waals surface area contributed by atoms with E-state index in [9.17, 15) is 9.59 Å². The number of piperazine rings is 1. The van der Waals surface area contributed by atoms with Crippen molar-refractivity contribution in [2.24, 2.45) is 0 Å². The molecule has 2 saturated heterocycles. The van der Waals surface area contributed by atoms with E-state index >= 15 is 0 Å². The molecule has 2 aromatic carbocycles. The van der Waals surface area contributed by atoms with Crippen LogP contribution in [-0.4, -0.2) is 55.5 Å². The normalized spacial score (nSPS) is 24.9. The van der Waals surface area contributed by atoms with E-state index < -0.39 is 0 Å². The first kappa shape index (κ1) is 20.1. The second kappa shape index (κ2) is 9.08. The van der Waals surface area contributed by atoms with Crippen LogP contribution in [0.2, 0.25) is 5.02 Å². The zero-order valence-electron chi connectivity index (χ0n) is 16.6. The number of halogens is 1. The molecule has 2 aromatic rings. The molecular formula is C23H28ClN3O2+2. The number of quaternary nitrogens is 2. The lowest BCUT2D eigenvalue weighted by atomic mass is 10.1. The summed E-state index contributed by atoms with van der Waals surface area (Å²) >= 11 is 5.97. The van der Waals surface area contributed by atoms with Gasteiger partial charge in [-0.15, -0.1) is 0 Å². The van der Waals surface area contributed by atoms with Gasteiger partial charge in [-0.25, -0.2) is 0 Å². The van der Waals surface area contributed by atoms with Crippen LogP contribution in [0.1, 0.15) is 17.5 Å². The number of rotatable bonds is 6. The van der Waals surface area contributed by atoms with E-state index in [2.05, 4.69) is 12.1 Å². The van der Waals surface area contributed by atoms with Crippen LogP contribution in [-0.2, 0) is 22.6 Å². The standard InChI is InChI=1S/C23H26ClN3O2/c24-20-8-6-19(7-9-20)17-25-12-14-26(15-13-25)21-16-22(28)27(23(21)29)11-10-18-4-2-1-3-5-18/h1-9,21H,10-17H2/p+2/t21-/m1/s1. The molecule has 0 bridgehead atoms. The third-order valence-electron chi connectivity index (χ3n) is 6.17. The van der Waals surface area contributed by atoms with Crippen molar-refractivity contribution in [2.75, 3.05) is 32.7 Å². The van der Waals surface area contributed by atoms with E-state index in [-0.39, 0.29) is 17.9 Å². The maximum absolute atomic E-state index is 12.9. The first-order valence-electron chi connectivity index (χ1n) is 10.4. The Morgan fingerprint density at radius 2 is 1.59 bits per heavy atom. The minimum Gasteiger partial charge on any atom is -0.322 e. The maximum Gasteiger partial charge on any atom is 0.288 e. The highest BCUT2D eigenvalue weighted by atomic mass is 35.5. The topological polar surface area (TPSA) is 46.3 Å². The molecule has 1 atom stereocenters. The van der Waals surface area contributed by atoms with Crippen molar-refractivity contribution >= 4 is 23.4 Å². The largest absolute Gasteiger partial charge is 0.322 e. The molecule has 2 N–H and O–H groups in total. The number of amides is 2. The fourth-order valence-corrected chi connectivity index (χ4v) is 4.59. The van der Waals surface area contributed by atoms with Crippen LogP contribution in [0.15, 0.2) is 54.6 Å². The molecule has 2 fully saturated rings. The molecule has 2 aliphatic rings. The van der Waals surface area contributed by atoms with E-state index in [0.717, 1.165) is 49.7 Å². The Labute approximate surface area is 176 Å². The van der Waals surface area contributed by atoms with Gasteiger partial charge in [-0.3, -0.25) is 14.5 Å². The Hall–Kier alpha value is -2.21. The molecule has 29 heavy (non-hydrogen) atoms. The Balaban J connectivity index is 1.29. The molecular weight excluding hydrogens is 386 g/mol. The highest BCUT2D eigenvalue weighted by Gasteiger charge is 2.45. The minimum absolute atomic E-state index is 0.0145. The van der Waals surface area contributed by atoms with Gasteiger partial charge in [-0.05, 0) is 24.1 Å². The van der Waals surface area contributed by atoms with Crippen LogP contribution in [0.25, 0.3) is 0 Å². The van der Waals surface area contributed by atoms with Crippen molar-refractivity contribution in [3.8, 4) is 0 Å². The smallest absolute Gasteiger partial charge is 0.288 e. The highest BCUT2D eigenvalue weighted by Crippen LogP contribution is 2.13. The van der Waals surface area contributed by atoms with Crippen molar-refractivity contribution in [2.45, 2.75) is 25.4 Å². The molecule has 6 heteroatoms. The van der Waals surface area contributed by atoms with E-state index in [1.807, 2.05) is 42.5 Å². The van der Waals surface area contributed by atoms with Crippen molar-refractivity contribution in [1.82, 2.24) is 4.90 Å². The quantitative estimate of drug-likeness (QED) is 0.654. The van der Waals surface area contributed by atoms with Gasteiger partial charge in [0.1, 0.15) is 32.7 Å². The molecule has 0 saturated carbocycles. The Bertz CT molecular complexity index is 848. The van der Waals surface area contributed by atoms with E-state index in [1.54, 1.807) is 0 Å². The highest BCUT2D eigenvalue weighted by molar-refractivity contribution is 6.30. The van der Waals surface area contributed by atoms with Crippen LogP contribution in [0.4, 0.5) is 0 Å². The van der Waals surface area contributed by atoms with E-state index in [4.69, 9.17) is 11.6 Å². The summed E-state index contributed by atoms with van der Waals surface area (Å²) < 4.78 is 0. The lowest BCUT2D eigenvalue weighted by molar-refractivity contribution is -1.02. The Kier molecular flexibility index (Phi) is 6.28. The lowest BCUT2D eigenvalue weighted by Crippen LogP contribution is -3.29. The van der Waals surface area contributed by atoms with Gasteiger partial charge in [0.15, 0.2) is 6.04 Å². The van der Waals surface area contributed by atoms with Gasteiger partial charge in [0.2, 0.25) is 5.91 Å². The zero-order chi connectivity index (χ0) is 20.2. The first-order chi connectivity index (χ1) is 14.1. The molecule has 0 aliphatic carbocycles. The molecule has 152 valence electrons. The van der Waals surface area contributed by atoms with Crippen molar-refractivity contribution in [3.63, 3.8) is 0 Å². The summed E-state index contributed by atoms with van der Waals surface area (Å²) in [6, 6.07) is 17.9. The maximum atomic E-state index is 12.9. The van der Waals surface area contributed by atoms with E-state index in [0.29, 0.717) is 13.0 Å². The van der Waals surface area contributed by atoms with Gasteiger partial charge in [-0.2, -0.15) is 0 Å². The SMILES string of the molecule is O=C1C[C@@H]([NH+]2CC[NH+](Cc3ccc(Cl)cc3)CC2)C(=O)N1CCc1ccccc1. The average molecular weight is 414 g/mol. The van der Waals surface area contributed by atoms with Crippen molar-refractivity contribution in [3.05, 3.63) is 70.7 Å². The molecule has 4 rings (SSSR count). The van der Waals surface area contributed by atoms with Gasteiger partial charge in [0.05, 0.1) is 6.42 Å². The van der Waals surface area contributed by atoms with Crippen LogP contribution < -0.4 is 9.80 Å². The van der Waals surface area contributed by atoms with Gasteiger partial charge in [-0.1, -0.05) is 54.1 Å². The number of hydrogen-bond donors (Lipinski definition) is 2. The van der Waals surface area contributed by atoms with Crippen LogP contribution in [0.3, 0.4) is 0 Å². The van der Waals surface area contributed by atoms with Crippen molar-refractivity contribution < 1.29 is 19.4 Å². The summed E-state index contributed by atoms with van der Waals surface area (Å²) in [5, 5.41) is 0.763. The number of carbonyl (C=O) groups is 2. The summed E-state index contributed by atoms with van der Waals surface area (Å²) in [7, 11) is 0. The number of nitrogens with one attached hydrogen (secondary N) is 2. The summed E-state index contributed by atoms with van der Waals surface area (Å²) in [6.45, 7) is 5.35. The second-order valence-corrected chi connectivity index (χ2v) is 8.52. The molecule has 2 heterocycles. The number of hydrogen-bond acceptors (Lipinski definition) is 2. The van der Waals surface area contributed by atoms with Crippen LogP contribution in [0, 0.1) is 0 Å². The molecule has 0 radical (unpaired) electrons. The summed E-state index contributed by atoms with van der Waals surface area (Å²) in [5.41, 5.74) is 2.44. The van der Waals surface area contributed by atoms with Gasteiger partial charge in [0, 0.05) is 17.1 Å². The van der Waals surface area contributed by atoms with Crippen molar-refractivity contribution in [1.29, 1.82) is 0 Å². The molecule has 5 nitrogen and oxygen atoms in total. The summed E-state index contributed by atoms with van der Waals surface area (Å²) in [4.78, 5) is 29.6. The number of carbonyl (C=O) groups excluding carboxylic acids is 2. The third-order valence-corrected chi connectivity index (χ3v) is 6.42. The number of likely N-dealkylation sites (tertiary alicyclic amines) is 1. The molecule has 0 spiro atoms. The zero-order valence-corrected chi connectivity index (χ0v) is 17.3. The fourth-order valence-electron chi connectivity index (χ4n) is 4.46. The fraction of sp³-hybridized carbons (Fsp3) is 0.391. The van der Waals surface area contributed by atoms with Gasteiger partial charge in [0.25, 0.3) is 5.91 Å².